The number of carboxylic acid groups (broad SMARTS) is 1. The number of halogens is 1. The molecule has 0 fully saturated rings. The van der Waals surface area contributed by atoms with E-state index in [2.05, 4.69) is 20.8 Å². The topological polar surface area (TPSA) is 50.2 Å². The van der Waals surface area contributed by atoms with Gasteiger partial charge >= 0.3 is 5.97 Å². The number of carboxylic acids is 1. The van der Waals surface area contributed by atoms with Gasteiger partial charge in [-0.25, -0.2) is 0 Å². The highest BCUT2D eigenvalue weighted by Crippen LogP contribution is 2.30. The van der Waals surface area contributed by atoms with E-state index in [4.69, 9.17) is 21.7 Å². The third kappa shape index (κ3) is 3.53. The summed E-state index contributed by atoms with van der Waals surface area (Å²) in [5, 5.41) is 10.6. The summed E-state index contributed by atoms with van der Waals surface area (Å²) < 4.78 is 0. The Bertz CT molecular complexity index is 702. The maximum absolute atomic E-state index is 10.9. The van der Waals surface area contributed by atoms with Crippen LogP contribution in [0.2, 0.25) is 5.02 Å². The molecule has 2 rings (SSSR count). The number of nitrogens with zero attached hydrogens (tertiary/aromatic N) is 1. The molecule has 1 N–H and O–H groups in total. The van der Waals surface area contributed by atoms with Crippen LogP contribution in [0, 0.1) is 6.92 Å². The Kier molecular flexibility index (Phi) is 4.24. The van der Waals surface area contributed by atoms with Crippen molar-refractivity contribution in [1.82, 2.24) is 4.98 Å². The molecule has 1 heterocycles. The summed E-state index contributed by atoms with van der Waals surface area (Å²) in [7, 11) is 0. The second kappa shape index (κ2) is 5.64. The van der Waals surface area contributed by atoms with Gasteiger partial charge in [-0.1, -0.05) is 32.4 Å². The van der Waals surface area contributed by atoms with Gasteiger partial charge in [0, 0.05) is 27.9 Å². The molecule has 0 spiro atoms. The molecule has 0 bridgehead atoms. The number of benzene rings is 1. The lowest BCUT2D eigenvalue weighted by molar-refractivity contribution is -0.136. The zero-order chi connectivity index (χ0) is 15.8. The second-order valence-electron chi connectivity index (χ2n) is 6.43. The number of hydrogen-bond donors (Lipinski definition) is 1. The summed E-state index contributed by atoms with van der Waals surface area (Å²) >= 11 is 6.14. The molecule has 1 aromatic carbocycles. The van der Waals surface area contributed by atoms with E-state index in [9.17, 15) is 4.79 Å². The standard InChI is InChI=1S/C17H20ClNO2/c1-10-7-12(18)9-13-11(5-6-15(20)21)8-14(17(2,3)4)19-16(10)13/h7-9H,5-6H2,1-4H3,(H,20,21). The number of rotatable bonds is 3. The molecule has 4 heteroatoms. The second-order valence-corrected chi connectivity index (χ2v) is 6.87. The number of pyridine rings is 1. The van der Waals surface area contributed by atoms with Crippen LogP contribution < -0.4 is 0 Å². The van der Waals surface area contributed by atoms with Crippen molar-refractivity contribution in [1.29, 1.82) is 0 Å². The Morgan fingerprint density at radius 1 is 1.29 bits per heavy atom. The predicted octanol–water partition coefficient (Wildman–Crippen LogP) is 4.51. The van der Waals surface area contributed by atoms with Crippen LogP contribution in [0.1, 0.15) is 44.0 Å². The number of fused-ring (bicyclic) bond motifs is 1. The molecule has 2 aromatic rings. The summed E-state index contributed by atoms with van der Waals surface area (Å²) in [6.07, 6.45) is 0.589. The Balaban J connectivity index is 2.69. The monoisotopic (exact) mass is 305 g/mol. The van der Waals surface area contributed by atoms with Gasteiger partial charge in [0.25, 0.3) is 0 Å². The maximum Gasteiger partial charge on any atom is 0.303 e. The van der Waals surface area contributed by atoms with Gasteiger partial charge in [-0.2, -0.15) is 0 Å². The zero-order valence-electron chi connectivity index (χ0n) is 12.8. The molecule has 21 heavy (non-hydrogen) atoms. The molecular formula is C17H20ClNO2. The lowest BCUT2D eigenvalue weighted by Gasteiger charge is -2.20. The first-order chi connectivity index (χ1) is 9.68. The SMILES string of the molecule is Cc1cc(Cl)cc2c(CCC(=O)O)cc(C(C)(C)C)nc12. The summed E-state index contributed by atoms with van der Waals surface area (Å²) in [5.74, 6) is -0.795. The van der Waals surface area contributed by atoms with Crippen molar-refractivity contribution >= 4 is 28.5 Å². The van der Waals surface area contributed by atoms with Crippen molar-refractivity contribution in [3.8, 4) is 0 Å². The van der Waals surface area contributed by atoms with Gasteiger partial charge in [0.1, 0.15) is 0 Å². The molecule has 0 aliphatic carbocycles. The molecule has 0 atom stereocenters. The van der Waals surface area contributed by atoms with E-state index in [-0.39, 0.29) is 11.8 Å². The highest BCUT2D eigenvalue weighted by atomic mass is 35.5. The highest BCUT2D eigenvalue weighted by Gasteiger charge is 2.19. The highest BCUT2D eigenvalue weighted by molar-refractivity contribution is 6.31. The molecule has 0 aliphatic heterocycles. The minimum absolute atomic E-state index is 0.0851. The number of aryl methyl sites for hydroxylation is 2. The Morgan fingerprint density at radius 3 is 2.52 bits per heavy atom. The molecule has 0 unspecified atom stereocenters. The minimum atomic E-state index is -0.795. The van der Waals surface area contributed by atoms with E-state index in [0.717, 1.165) is 27.7 Å². The quantitative estimate of drug-likeness (QED) is 0.907. The van der Waals surface area contributed by atoms with Gasteiger partial charge in [0.2, 0.25) is 0 Å². The average molecular weight is 306 g/mol. The summed E-state index contributed by atoms with van der Waals surface area (Å²) in [6.45, 7) is 8.29. The molecule has 0 radical (unpaired) electrons. The van der Waals surface area contributed by atoms with E-state index in [1.165, 1.54) is 0 Å². The van der Waals surface area contributed by atoms with Gasteiger partial charge in [-0.05, 0) is 42.7 Å². The Labute approximate surface area is 130 Å². The number of aromatic nitrogens is 1. The van der Waals surface area contributed by atoms with Crippen LogP contribution in [0.4, 0.5) is 0 Å². The number of aliphatic carboxylic acids is 1. The van der Waals surface area contributed by atoms with Crippen LogP contribution in [0.25, 0.3) is 10.9 Å². The van der Waals surface area contributed by atoms with Gasteiger partial charge in [-0.3, -0.25) is 9.78 Å². The molecule has 1 aromatic heterocycles. The van der Waals surface area contributed by atoms with Crippen molar-refractivity contribution in [2.75, 3.05) is 0 Å². The van der Waals surface area contributed by atoms with Gasteiger partial charge < -0.3 is 5.11 Å². The molecule has 0 aliphatic rings. The first kappa shape index (κ1) is 15.8. The predicted molar refractivity (Wildman–Crippen MR) is 86.1 cm³/mol. The molecule has 112 valence electrons. The van der Waals surface area contributed by atoms with Gasteiger partial charge in [-0.15, -0.1) is 0 Å². The molecule has 3 nitrogen and oxygen atoms in total. The smallest absolute Gasteiger partial charge is 0.303 e. The Hall–Kier alpha value is -1.61. The normalized spacial score (nSPS) is 11.9. The lowest BCUT2D eigenvalue weighted by Crippen LogP contribution is -2.15. The van der Waals surface area contributed by atoms with Crippen LogP contribution >= 0.6 is 11.6 Å². The molecule has 0 amide bonds. The largest absolute Gasteiger partial charge is 0.481 e. The summed E-state index contributed by atoms with van der Waals surface area (Å²) in [6, 6.07) is 5.78. The van der Waals surface area contributed by atoms with Crippen LogP contribution in [-0.2, 0) is 16.6 Å². The van der Waals surface area contributed by atoms with E-state index in [0.29, 0.717) is 11.4 Å². The fourth-order valence-corrected chi connectivity index (χ4v) is 2.63. The third-order valence-electron chi connectivity index (χ3n) is 3.53. The summed E-state index contributed by atoms with van der Waals surface area (Å²) in [5.41, 5.74) is 3.81. The van der Waals surface area contributed by atoms with Crippen molar-refractivity contribution in [3.63, 3.8) is 0 Å². The van der Waals surface area contributed by atoms with Crippen LogP contribution in [0.15, 0.2) is 18.2 Å². The average Bonchev–Trinajstić information content (AvgIpc) is 2.34. The minimum Gasteiger partial charge on any atom is -0.481 e. The van der Waals surface area contributed by atoms with Crippen LogP contribution in [0.5, 0.6) is 0 Å². The van der Waals surface area contributed by atoms with Crippen LogP contribution in [0.3, 0.4) is 0 Å². The van der Waals surface area contributed by atoms with E-state index in [1.807, 2.05) is 25.1 Å². The van der Waals surface area contributed by atoms with Gasteiger partial charge in [0.05, 0.1) is 5.52 Å². The summed E-state index contributed by atoms with van der Waals surface area (Å²) in [4.78, 5) is 15.7. The zero-order valence-corrected chi connectivity index (χ0v) is 13.6. The first-order valence-corrected chi connectivity index (χ1v) is 7.38. The van der Waals surface area contributed by atoms with Crippen molar-refractivity contribution in [2.45, 2.75) is 46.0 Å². The van der Waals surface area contributed by atoms with Crippen molar-refractivity contribution in [2.24, 2.45) is 0 Å². The number of hydrogen-bond acceptors (Lipinski definition) is 2. The fraction of sp³-hybridized carbons (Fsp3) is 0.412. The van der Waals surface area contributed by atoms with Crippen molar-refractivity contribution in [3.05, 3.63) is 40.0 Å². The van der Waals surface area contributed by atoms with E-state index >= 15 is 0 Å². The number of carbonyl (C=O) groups is 1. The third-order valence-corrected chi connectivity index (χ3v) is 3.75. The molecular weight excluding hydrogens is 286 g/mol. The first-order valence-electron chi connectivity index (χ1n) is 7.00. The van der Waals surface area contributed by atoms with E-state index < -0.39 is 5.97 Å². The fourth-order valence-electron chi connectivity index (χ4n) is 2.36. The molecule has 0 saturated carbocycles. The van der Waals surface area contributed by atoms with Crippen molar-refractivity contribution < 1.29 is 9.90 Å². The molecule has 0 saturated heterocycles. The lowest BCUT2D eigenvalue weighted by atomic mass is 9.88. The van der Waals surface area contributed by atoms with Crippen LogP contribution in [-0.4, -0.2) is 16.1 Å². The van der Waals surface area contributed by atoms with E-state index in [1.54, 1.807) is 0 Å². The Morgan fingerprint density at radius 2 is 1.95 bits per heavy atom. The van der Waals surface area contributed by atoms with Gasteiger partial charge in [0.15, 0.2) is 0 Å². The maximum atomic E-state index is 10.9.